The molecule has 0 aromatic heterocycles. The minimum absolute atomic E-state index is 0.146. The largest absolute Gasteiger partial charge is 0.393 e. The van der Waals surface area contributed by atoms with Crippen molar-refractivity contribution < 1.29 is 14.3 Å². The summed E-state index contributed by atoms with van der Waals surface area (Å²) in [5, 5.41) is 0. The Balaban J connectivity index is 2.02. The fourth-order valence-corrected chi connectivity index (χ4v) is 3.30. The summed E-state index contributed by atoms with van der Waals surface area (Å²) >= 11 is 0. The van der Waals surface area contributed by atoms with Crippen LogP contribution in [0.15, 0.2) is 11.6 Å². The van der Waals surface area contributed by atoms with Crippen LogP contribution in [0.4, 0.5) is 0 Å². The lowest BCUT2D eigenvalue weighted by Gasteiger charge is -2.19. The summed E-state index contributed by atoms with van der Waals surface area (Å²) in [7, 11) is 0. The Bertz CT molecular complexity index is 356. The van der Waals surface area contributed by atoms with Gasteiger partial charge < -0.3 is 4.74 Å². The summed E-state index contributed by atoms with van der Waals surface area (Å²) < 4.78 is 4.69. The van der Waals surface area contributed by atoms with Crippen LogP contribution >= 0.6 is 0 Å². The van der Waals surface area contributed by atoms with Crippen LogP contribution in [0.5, 0.6) is 0 Å². The fourth-order valence-electron chi connectivity index (χ4n) is 3.30. The van der Waals surface area contributed by atoms with Crippen LogP contribution in [0.3, 0.4) is 0 Å². The van der Waals surface area contributed by atoms with Crippen LogP contribution < -0.4 is 0 Å². The Kier molecular flexibility index (Phi) is 1.45. The molecule has 2 fully saturated rings. The van der Waals surface area contributed by atoms with Gasteiger partial charge in [0.05, 0.1) is 11.8 Å². The van der Waals surface area contributed by atoms with Crippen LogP contribution in [0.1, 0.15) is 19.8 Å². The molecule has 4 unspecified atom stereocenters. The third kappa shape index (κ3) is 0.781. The molecule has 0 aromatic rings. The highest BCUT2D eigenvalue weighted by molar-refractivity contribution is 5.98. The minimum atomic E-state index is -0.293. The van der Waals surface area contributed by atoms with E-state index < -0.39 is 0 Å². The third-order valence-electron chi connectivity index (χ3n) is 3.87. The van der Waals surface area contributed by atoms with Gasteiger partial charge in [0, 0.05) is 0 Å². The molecule has 4 atom stereocenters. The summed E-state index contributed by atoms with van der Waals surface area (Å²) in [6.07, 6.45) is 4.16. The van der Waals surface area contributed by atoms with E-state index in [4.69, 9.17) is 4.74 Å². The highest BCUT2D eigenvalue weighted by Gasteiger charge is 2.59. The van der Waals surface area contributed by atoms with Crippen molar-refractivity contribution in [1.29, 1.82) is 0 Å². The molecule has 1 heterocycles. The van der Waals surface area contributed by atoms with Crippen molar-refractivity contribution in [3.8, 4) is 0 Å². The number of cyclic esters (lactones) is 2. The number of allylic oxidation sites excluding steroid dienone is 2. The summed E-state index contributed by atoms with van der Waals surface area (Å²) in [6, 6.07) is 0. The van der Waals surface area contributed by atoms with Crippen molar-refractivity contribution >= 4 is 11.9 Å². The second-order valence-corrected chi connectivity index (χ2v) is 4.39. The van der Waals surface area contributed by atoms with Crippen LogP contribution in [-0.4, -0.2) is 11.9 Å². The minimum Gasteiger partial charge on any atom is -0.393 e. The lowest BCUT2D eigenvalue weighted by molar-refractivity contribution is -0.154. The molecule has 0 radical (unpaired) electrons. The molecule has 1 aliphatic heterocycles. The molecular formula is C11H12O3. The number of esters is 2. The van der Waals surface area contributed by atoms with E-state index in [9.17, 15) is 9.59 Å². The van der Waals surface area contributed by atoms with Gasteiger partial charge in [-0.15, -0.1) is 0 Å². The zero-order valence-electron chi connectivity index (χ0n) is 8.03. The summed E-state index contributed by atoms with van der Waals surface area (Å²) in [5.41, 5.74) is 1.35. The molecule has 3 heteroatoms. The van der Waals surface area contributed by atoms with Crippen molar-refractivity contribution in [3.05, 3.63) is 11.6 Å². The monoisotopic (exact) mass is 192 g/mol. The molecule has 1 saturated heterocycles. The quantitative estimate of drug-likeness (QED) is 0.357. The second kappa shape index (κ2) is 2.47. The second-order valence-electron chi connectivity index (χ2n) is 4.39. The van der Waals surface area contributed by atoms with E-state index in [1.54, 1.807) is 0 Å². The number of ether oxygens (including phenoxy) is 1. The van der Waals surface area contributed by atoms with Crippen molar-refractivity contribution in [2.45, 2.75) is 19.8 Å². The average Bonchev–Trinajstić information content (AvgIpc) is 2.78. The fraction of sp³-hybridized carbons (Fsp3) is 0.636. The van der Waals surface area contributed by atoms with Gasteiger partial charge in [0.25, 0.3) is 0 Å². The maximum absolute atomic E-state index is 11.4. The number of carbonyl (C=O) groups excluding carboxylic acids is 2. The normalized spacial score (nSPS) is 43.9. The smallest absolute Gasteiger partial charge is 0.318 e. The number of carbonyl (C=O) groups is 2. The Hall–Kier alpha value is -1.12. The van der Waals surface area contributed by atoms with Gasteiger partial charge in [-0.05, 0) is 24.7 Å². The van der Waals surface area contributed by atoms with E-state index >= 15 is 0 Å². The lowest BCUT2D eigenvalue weighted by Crippen LogP contribution is -2.24. The first-order valence-electron chi connectivity index (χ1n) is 5.18. The molecule has 3 nitrogen and oxygen atoms in total. The molecule has 3 aliphatic rings. The Morgan fingerprint density at radius 2 is 2.07 bits per heavy atom. The first-order valence-corrected chi connectivity index (χ1v) is 5.18. The van der Waals surface area contributed by atoms with E-state index in [0.717, 1.165) is 12.8 Å². The molecule has 2 bridgehead atoms. The van der Waals surface area contributed by atoms with Crippen molar-refractivity contribution in [1.82, 2.24) is 0 Å². The molecule has 0 amide bonds. The van der Waals surface area contributed by atoms with Crippen LogP contribution in [0, 0.1) is 23.7 Å². The van der Waals surface area contributed by atoms with Crippen LogP contribution in [0.2, 0.25) is 0 Å². The SMILES string of the molecule is CCC1=CC2CC1C1C(=O)OC(=O)C21. The topological polar surface area (TPSA) is 43.4 Å². The summed E-state index contributed by atoms with van der Waals surface area (Å²) in [4.78, 5) is 22.8. The molecule has 2 aliphatic carbocycles. The van der Waals surface area contributed by atoms with Gasteiger partial charge in [0.2, 0.25) is 0 Å². The van der Waals surface area contributed by atoms with E-state index in [2.05, 4.69) is 13.0 Å². The molecule has 0 spiro atoms. The van der Waals surface area contributed by atoms with Gasteiger partial charge in [-0.3, -0.25) is 9.59 Å². The van der Waals surface area contributed by atoms with Gasteiger partial charge in [-0.2, -0.15) is 0 Å². The average molecular weight is 192 g/mol. The molecule has 14 heavy (non-hydrogen) atoms. The van der Waals surface area contributed by atoms with Gasteiger partial charge in [0.1, 0.15) is 0 Å². The van der Waals surface area contributed by atoms with Crippen molar-refractivity contribution in [2.75, 3.05) is 0 Å². The first kappa shape index (κ1) is 8.21. The Labute approximate surface area is 82.1 Å². The third-order valence-corrected chi connectivity index (χ3v) is 3.87. The van der Waals surface area contributed by atoms with Crippen molar-refractivity contribution in [2.24, 2.45) is 23.7 Å². The predicted molar refractivity (Wildman–Crippen MR) is 48.1 cm³/mol. The maximum Gasteiger partial charge on any atom is 0.318 e. The number of hydrogen-bond acceptors (Lipinski definition) is 3. The Morgan fingerprint density at radius 3 is 2.79 bits per heavy atom. The highest BCUT2D eigenvalue weighted by atomic mass is 16.6. The molecule has 1 saturated carbocycles. The Morgan fingerprint density at radius 1 is 1.36 bits per heavy atom. The van der Waals surface area contributed by atoms with Gasteiger partial charge in [-0.25, -0.2) is 0 Å². The molecule has 3 rings (SSSR count). The van der Waals surface area contributed by atoms with Gasteiger partial charge in [-0.1, -0.05) is 18.6 Å². The highest BCUT2D eigenvalue weighted by Crippen LogP contribution is 2.55. The summed E-state index contributed by atoms with van der Waals surface area (Å²) in [6.45, 7) is 2.10. The number of hydrogen-bond donors (Lipinski definition) is 0. The maximum atomic E-state index is 11.4. The van der Waals surface area contributed by atoms with Crippen molar-refractivity contribution in [3.63, 3.8) is 0 Å². The first-order chi connectivity index (χ1) is 6.72. The standard InChI is InChI=1S/C11H12O3/c1-2-5-3-6-4-7(5)9-8(6)10(12)14-11(9)13/h3,6-9H,2,4H2,1H3. The van der Waals surface area contributed by atoms with E-state index in [1.807, 2.05) is 0 Å². The van der Waals surface area contributed by atoms with E-state index in [-0.39, 0.29) is 29.7 Å². The predicted octanol–water partition coefficient (Wildman–Crippen LogP) is 1.29. The lowest BCUT2D eigenvalue weighted by atomic mass is 9.80. The summed E-state index contributed by atoms with van der Waals surface area (Å²) in [5.74, 6) is -0.298. The van der Waals surface area contributed by atoms with Gasteiger partial charge in [0.15, 0.2) is 0 Å². The van der Waals surface area contributed by atoms with E-state index in [1.165, 1.54) is 5.57 Å². The molecule has 0 N–H and O–H groups in total. The van der Waals surface area contributed by atoms with Gasteiger partial charge >= 0.3 is 11.9 Å². The number of rotatable bonds is 1. The zero-order valence-corrected chi connectivity index (χ0v) is 8.03. The van der Waals surface area contributed by atoms with Crippen LogP contribution in [0.25, 0.3) is 0 Å². The zero-order chi connectivity index (χ0) is 9.87. The molecule has 0 aromatic carbocycles. The van der Waals surface area contributed by atoms with Crippen LogP contribution in [-0.2, 0) is 14.3 Å². The van der Waals surface area contributed by atoms with E-state index in [0.29, 0.717) is 5.92 Å². The molecule has 74 valence electrons. The number of fused-ring (bicyclic) bond motifs is 5. The molecular weight excluding hydrogens is 180 g/mol.